The maximum atomic E-state index is 5.66. The summed E-state index contributed by atoms with van der Waals surface area (Å²) in [5.41, 5.74) is 7.62. The molecule has 68 valence electrons. The topological polar surface area (TPSA) is 63.9 Å². The van der Waals surface area contributed by atoms with E-state index < -0.39 is 0 Å². The van der Waals surface area contributed by atoms with Gasteiger partial charge in [0.1, 0.15) is 5.82 Å². The number of rotatable bonds is 3. The van der Waals surface area contributed by atoms with Crippen LogP contribution in [0.2, 0.25) is 0 Å². The molecule has 4 heteroatoms. The third-order valence-electron chi connectivity index (χ3n) is 1.72. The lowest BCUT2D eigenvalue weighted by atomic mass is 10.3. The van der Waals surface area contributed by atoms with Gasteiger partial charge in [0, 0.05) is 12.8 Å². The lowest BCUT2D eigenvalue weighted by molar-refractivity contribution is 0.181. The second-order valence-electron chi connectivity index (χ2n) is 2.92. The minimum Gasteiger partial charge on any atom is -0.378 e. The molecule has 0 fully saturated rings. The lowest BCUT2D eigenvalue weighted by Crippen LogP contribution is -2.06. The van der Waals surface area contributed by atoms with Crippen LogP contribution in [0, 0.1) is 6.92 Å². The van der Waals surface area contributed by atoms with E-state index in [1.165, 1.54) is 0 Å². The fourth-order valence-electron chi connectivity index (χ4n) is 1.01. The predicted molar refractivity (Wildman–Crippen MR) is 46.6 cm³/mol. The van der Waals surface area contributed by atoms with E-state index in [2.05, 4.69) is 9.97 Å². The van der Waals surface area contributed by atoms with Crippen molar-refractivity contribution < 1.29 is 4.74 Å². The normalized spacial score (nSPS) is 13.3. The van der Waals surface area contributed by atoms with Gasteiger partial charge in [-0.2, -0.15) is 0 Å². The zero-order valence-electron chi connectivity index (χ0n) is 7.72. The molecule has 1 aromatic rings. The summed E-state index contributed by atoms with van der Waals surface area (Å²) >= 11 is 0. The summed E-state index contributed by atoms with van der Waals surface area (Å²) in [6.07, 6.45) is 0. The van der Waals surface area contributed by atoms with Gasteiger partial charge in [0.25, 0.3) is 0 Å². The molecule has 0 amide bonds. The summed E-state index contributed by atoms with van der Waals surface area (Å²) in [5.74, 6) is 0.819. The molecule has 0 aliphatic rings. The summed E-state index contributed by atoms with van der Waals surface area (Å²) in [5, 5.41) is 0. The first-order valence-corrected chi connectivity index (χ1v) is 3.95. The lowest BCUT2D eigenvalue weighted by Gasteiger charge is -1.97. The van der Waals surface area contributed by atoms with Gasteiger partial charge in [-0.25, -0.2) is 4.98 Å². The van der Waals surface area contributed by atoms with Crippen LogP contribution in [0.15, 0.2) is 0 Å². The zero-order chi connectivity index (χ0) is 9.14. The van der Waals surface area contributed by atoms with Gasteiger partial charge in [-0.05, 0) is 13.8 Å². The number of aryl methyl sites for hydroxylation is 1. The highest BCUT2D eigenvalue weighted by atomic mass is 16.5. The van der Waals surface area contributed by atoms with Crippen molar-refractivity contribution in [2.75, 3.05) is 7.11 Å². The molecule has 1 rings (SSSR count). The molecule has 1 unspecified atom stereocenters. The van der Waals surface area contributed by atoms with Crippen LogP contribution in [0.3, 0.4) is 0 Å². The van der Waals surface area contributed by atoms with Crippen LogP contribution in [0.4, 0.5) is 0 Å². The molecule has 0 spiro atoms. The van der Waals surface area contributed by atoms with E-state index >= 15 is 0 Å². The van der Waals surface area contributed by atoms with Crippen LogP contribution < -0.4 is 5.73 Å². The Morgan fingerprint density at radius 2 is 2.33 bits per heavy atom. The third kappa shape index (κ3) is 1.84. The van der Waals surface area contributed by atoms with Crippen LogP contribution in [0.25, 0.3) is 0 Å². The van der Waals surface area contributed by atoms with Crippen LogP contribution >= 0.6 is 0 Å². The number of ether oxygens (including phenoxy) is 1. The summed E-state index contributed by atoms with van der Waals surface area (Å²) in [6, 6.07) is -0.0469. The Balaban J connectivity index is 2.85. The first-order valence-electron chi connectivity index (χ1n) is 3.95. The van der Waals surface area contributed by atoms with E-state index in [4.69, 9.17) is 10.5 Å². The Morgan fingerprint density at radius 1 is 1.67 bits per heavy atom. The van der Waals surface area contributed by atoms with Crippen LogP contribution in [0.1, 0.15) is 30.2 Å². The standard InChI is InChI=1S/C8H15N3O/c1-5(9)8-10-6(2)7(11-8)4-12-3/h5H,4,9H2,1-3H3,(H,10,11). The molecule has 12 heavy (non-hydrogen) atoms. The van der Waals surface area contributed by atoms with Gasteiger partial charge >= 0.3 is 0 Å². The molecule has 3 N–H and O–H groups in total. The van der Waals surface area contributed by atoms with Crippen molar-refractivity contribution in [3.05, 3.63) is 17.2 Å². The summed E-state index contributed by atoms with van der Waals surface area (Å²) in [7, 11) is 1.65. The van der Waals surface area contributed by atoms with E-state index in [0.717, 1.165) is 17.2 Å². The predicted octanol–water partition coefficient (Wildman–Crippen LogP) is 0.884. The third-order valence-corrected chi connectivity index (χ3v) is 1.72. The van der Waals surface area contributed by atoms with Crippen LogP contribution in [-0.4, -0.2) is 17.1 Å². The first kappa shape index (κ1) is 9.22. The monoisotopic (exact) mass is 169 g/mol. The van der Waals surface area contributed by atoms with Gasteiger partial charge in [0.05, 0.1) is 18.3 Å². The van der Waals surface area contributed by atoms with Crippen molar-refractivity contribution in [1.29, 1.82) is 0 Å². The maximum Gasteiger partial charge on any atom is 0.123 e. The van der Waals surface area contributed by atoms with Gasteiger partial charge in [0.2, 0.25) is 0 Å². The van der Waals surface area contributed by atoms with E-state index in [0.29, 0.717) is 6.61 Å². The van der Waals surface area contributed by atoms with E-state index in [9.17, 15) is 0 Å². The molecule has 0 radical (unpaired) electrons. The zero-order valence-corrected chi connectivity index (χ0v) is 7.72. The van der Waals surface area contributed by atoms with E-state index in [-0.39, 0.29) is 6.04 Å². The number of nitrogens with zero attached hydrogens (tertiary/aromatic N) is 1. The summed E-state index contributed by atoms with van der Waals surface area (Å²) in [4.78, 5) is 7.41. The van der Waals surface area contributed by atoms with Gasteiger partial charge in [-0.15, -0.1) is 0 Å². The molecule has 1 heterocycles. The molecule has 0 bridgehead atoms. The molecule has 4 nitrogen and oxygen atoms in total. The molecule has 1 atom stereocenters. The Kier molecular flexibility index (Phi) is 2.83. The molecular weight excluding hydrogens is 154 g/mol. The number of aromatic nitrogens is 2. The Labute approximate surface area is 72.1 Å². The molecular formula is C8H15N3O. The van der Waals surface area contributed by atoms with E-state index in [1.54, 1.807) is 7.11 Å². The largest absolute Gasteiger partial charge is 0.378 e. The number of aromatic amines is 1. The second-order valence-corrected chi connectivity index (χ2v) is 2.92. The number of nitrogens with one attached hydrogen (secondary N) is 1. The molecule has 1 aromatic heterocycles. The Bertz CT molecular complexity index is 255. The van der Waals surface area contributed by atoms with Crippen molar-refractivity contribution >= 4 is 0 Å². The molecule has 0 aliphatic carbocycles. The SMILES string of the molecule is COCc1nc(C(C)N)[nH]c1C. The average Bonchev–Trinajstić information content (AvgIpc) is 2.34. The number of hydrogen-bond donors (Lipinski definition) is 2. The highest BCUT2D eigenvalue weighted by Crippen LogP contribution is 2.10. The molecule has 0 saturated carbocycles. The van der Waals surface area contributed by atoms with Crippen molar-refractivity contribution in [1.82, 2.24) is 9.97 Å². The van der Waals surface area contributed by atoms with Gasteiger partial charge < -0.3 is 15.5 Å². The molecule has 0 saturated heterocycles. The van der Waals surface area contributed by atoms with Crippen LogP contribution in [0.5, 0.6) is 0 Å². The van der Waals surface area contributed by atoms with E-state index in [1.807, 2.05) is 13.8 Å². The van der Waals surface area contributed by atoms with Crippen molar-refractivity contribution in [2.45, 2.75) is 26.5 Å². The minimum absolute atomic E-state index is 0.0469. The molecule has 0 aliphatic heterocycles. The van der Waals surface area contributed by atoms with Crippen LogP contribution in [-0.2, 0) is 11.3 Å². The maximum absolute atomic E-state index is 5.66. The first-order chi connectivity index (χ1) is 5.65. The number of imidazole rings is 1. The summed E-state index contributed by atoms with van der Waals surface area (Å²) in [6.45, 7) is 4.40. The fourth-order valence-corrected chi connectivity index (χ4v) is 1.01. The van der Waals surface area contributed by atoms with Gasteiger partial charge in [0.15, 0.2) is 0 Å². The Hall–Kier alpha value is -0.870. The molecule has 0 aromatic carbocycles. The minimum atomic E-state index is -0.0469. The number of H-pyrrole nitrogens is 1. The van der Waals surface area contributed by atoms with Gasteiger partial charge in [-0.1, -0.05) is 0 Å². The van der Waals surface area contributed by atoms with Crippen molar-refractivity contribution in [2.24, 2.45) is 5.73 Å². The van der Waals surface area contributed by atoms with Gasteiger partial charge in [-0.3, -0.25) is 0 Å². The van der Waals surface area contributed by atoms with Crippen molar-refractivity contribution in [3.8, 4) is 0 Å². The summed E-state index contributed by atoms with van der Waals surface area (Å²) < 4.78 is 4.98. The smallest absolute Gasteiger partial charge is 0.123 e. The number of nitrogens with two attached hydrogens (primary N) is 1. The number of hydrogen-bond acceptors (Lipinski definition) is 3. The fraction of sp³-hybridized carbons (Fsp3) is 0.625. The second kappa shape index (κ2) is 3.69. The highest BCUT2D eigenvalue weighted by molar-refractivity contribution is 5.13. The quantitative estimate of drug-likeness (QED) is 0.706. The highest BCUT2D eigenvalue weighted by Gasteiger charge is 2.08. The van der Waals surface area contributed by atoms with Crippen molar-refractivity contribution in [3.63, 3.8) is 0 Å². The Morgan fingerprint density at radius 3 is 2.75 bits per heavy atom. The average molecular weight is 169 g/mol. The number of methoxy groups -OCH3 is 1.